The normalized spacial score (nSPS) is 12.2. The van der Waals surface area contributed by atoms with Crippen LogP contribution in [0.15, 0.2) is 46.9 Å². The number of carbonyl (C=O) groups is 2. The summed E-state index contributed by atoms with van der Waals surface area (Å²) < 4.78 is 5.46. The minimum absolute atomic E-state index is 0.244. The Labute approximate surface area is 164 Å². The summed E-state index contributed by atoms with van der Waals surface area (Å²) in [6.07, 6.45) is 0.536. The zero-order chi connectivity index (χ0) is 20.3. The molecule has 1 heterocycles. The fourth-order valence-electron chi connectivity index (χ4n) is 3.12. The Morgan fingerprint density at radius 2 is 1.86 bits per heavy atom. The molecular formula is C22H25N3O3. The van der Waals surface area contributed by atoms with Crippen LogP contribution in [0.4, 0.5) is 5.69 Å². The van der Waals surface area contributed by atoms with Gasteiger partial charge in [0.15, 0.2) is 11.5 Å². The van der Waals surface area contributed by atoms with Crippen LogP contribution in [0.5, 0.6) is 0 Å². The monoisotopic (exact) mass is 379 g/mol. The van der Waals surface area contributed by atoms with Gasteiger partial charge in [-0.15, -0.1) is 0 Å². The van der Waals surface area contributed by atoms with Crippen molar-refractivity contribution in [1.29, 1.82) is 0 Å². The van der Waals surface area contributed by atoms with Gasteiger partial charge in [-0.25, -0.2) is 4.98 Å². The Hall–Kier alpha value is -3.15. The highest BCUT2D eigenvalue weighted by Crippen LogP contribution is 2.20. The molecule has 0 aliphatic carbocycles. The van der Waals surface area contributed by atoms with Gasteiger partial charge in [0.25, 0.3) is 5.91 Å². The van der Waals surface area contributed by atoms with E-state index in [1.807, 2.05) is 39.0 Å². The molecule has 0 aliphatic heterocycles. The van der Waals surface area contributed by atoms with Crippen molar-refractivity contribution in [1.82, 2.24) is 10.3 Å². The number of hydrogen-bond acceptors (Lipinski definition) is 4. The number of rotatable bonds is 6. The molecule has 1 aromatic heterocycles. The largest absolute Gasteiger partial charge is 0.441 e. The highest BCUT2D eigenvalue weighted by molar-refractivity contribution is 6.02. The minimum Gasteiger partial charge on any atom is -0.441 e. The average molecular weight is 379 g/mol. The summed E-state index contributed by atoms with van der Waals surface area (Å²) >= 11 is 0. The molecule has 2 amide bonds. The van der Waals surface area contributed by atoms with Crippen molar-refractivity contribution >= 4 is 28.6 Å². The second-order valence-corrected chi connectivity index (χ2v) is 7.38. The van der Waals surface area contributed by atoms with Gasteiger partial charge in [0.2, 0.25) is 5.91 Å². The van der Waals surface area contributed by atoms with E-state index in [-0.39, 0.29) is 17.7 Å². The molecule has 0 saturated heterocycles. The van der Waals surface area contributed by atoms with E-state index in [2.05, 4.69) is 15.6 Å². The van der Waals surface area contributed by atoms with Gasteiger partial charge in [-0.1, -0.05) is 32.0 Å². The van der Waals surface area contributed by atoms with Gasteiger partial charge >= 0.3 is 0 Å². The number of amides is 2. The van der Waals surface area contributed by atoms with Crippen LogP contribution in [0.1, 0.15) is 42.1 Å². The third kappa shape index (κ3) is 4.57. The van der Waals surface area contributed by atoms with Crippen LogP contribution in [0.3, 0.4) is 0 Å². The van der Waals surface area contributed by atoms with Crippen molar-refractivity contribution < 1.29 is 14.0 Å². The Kier molecular flexibility index (Phi) is 5.78. The SMILES string of the molecule is Cc1nc2cc(NC(=O)C(CC(C)C)NC(=O)c3ccccc3C)ccc2o1. The van der Waals surface area contributed by atoms with Gasteiger partial charge in [-0.2, -0.15) is 0 Å². The second-order valence-electron chi connectivity index (χ2n) is 7.38. The van der Waals surface area contributed by atoms with Gasteiger partial charge in [0, 0.05) is 18.2 Å². The zero-order valence-corrected chi connectivity index (χ0v) is 16.6. The first-order chi connectivity index (χ1) is 13.3. The molecule has 3 aromatic rings. The molecule has 1 atom stereocenters. The van der Waals surface area contributed by atoms with Crippen molar-refractivity contribution in [2.75, 3.05) is 5.32 Å². The fourth-order valence-corrected chi connectivity index (χ4v) is 3.12. The van der Waals surface area contributed by atoms with Gasteiger partial charge in [0.1, 0.15) is 11.6 Å². The summed E-state index contributed by atoms with van der Waals surface area (Å²) in [6, 6.07) is 12.0. The molecule has 1 unspecified atom stereocenters. The molecule has 0 bridgehead atoms. The highest BCUT2D eigenvalue weighted by Gasteiger charge is 2.23. The Balaban J connectivity index is 1.76. The lowest BCUT2D eigenvalue weighted by molar-refractivity contribution is -0.118. The topological polar surface area (TPSA) is 84.2 Å². The van der Waals surface area contributed by atoms with Crippen LogP contribution in [0.2, 0.25) is 0 Å². The van der Waals surface area contributed by atoms with E-state index in [0.29, 0.717) is 34.7 Å². The molecule has 0 fully saturated rings. The van der Waals surface area contributed by atoms with E-state index in [9.17, 15) is 9.59 Å². The molecule has 6 nitrogen and oxygen atoms in total. The van der Waals surface area contributed by atoms with Crippen molar-refractivity contribution in [2.45, 2.75) is 40.2 Å². The van der Waals surface area contributed by atoms with Crippen LogP contribution >= 0.6 is 0 Å². The second kappa shape index (κ2) is 8.25. The Morgan fingerprint density at radius 1 is 1.11 bits per heavy atom. The lowest BCUT2D eigenvalue weighted by Crippen LogP contribution is -2.44. The summed E-state index contributed by atoms with van der Waals surface area (Å²) in [7, 11) is 0. The first kappa shape index (κ1) is 19.6. The summed E-state index contributed by atoms with van der Waals surface area (Å²) in [5.74, 6) is 0.312. The van der Waals surface area contributed by atoms with E-state index in [1.165, 1.54) is 0 Å². The number of fused-ring (bicyclic) bond motifs is 1. The van der Waals surface area contributed by atoms with Crippen LogP contribution < -0.4 is 10.6 Å². The zero-order valence-electron chi connectivity index (χ0n) is 16.6. The Bertz CT molecular complexity index is 1010. The number of nitrogens with one attached hydrogen (secondary N) is 2. The van der Waals surface area contributed by atoms with Crippen LogP contribution in [-0.4, -0.2) is 22.8 Å². The number of aromatic nitrogens is 1. The van der Waals surface area contributed by atoms with E-state index < -0.39 is 6.04 Å². The number of carbonyl (C=O) groups excluding carboxylic acids is 2. The van der Waals surface area contributed by atoms with Gasteiger partial charge in [-0.05, 0) is 49.1 Å². The van der Waals surface area contributed by atoms with E-state index >= 15 is 0 Å². The third-order valence-electron chi connectivity index (χ3n) is 4.48. The molecule has 2 aromatic carbocycles. The van der Waals surface area contributed by atoms with Crippen molar-refractivity contribution in [2.24, 2.45) is 5.92 Å². The smallest absolute Gasteiger partial charge is 0.252 e. The molecule has 0 radical (unpaired) electrons. The number of benzene rings is 2. The lowest BCUT2D eigenvalue weighted by atomic mass is 10.0. The maximum atomic E-state index is 12.9. The van der Waals surface area contributed by atoms with E-state index in [0.717, 1.165) is 5.56 Å². The van der Waals surface area contributed by atoms with E-state index in [4.69, 9.17) is 4.42 Å². The molecule has 0 aliphatic rings. The summed E-state index contributed by atoms with van der Waals surface area (Å²) in [5, 5.41) is 5.77. The predicted octanol–water partition coefficient (Wildman–Crippen LogP) is 4.23. The number of aryl methyl sites for hydroxylation is 2. The molecule has 146 valence electrons. The van der Waals surface area contributed by atoms with Crippen molar-refractivity contribution in [3.8, 4) is 0 Å². The van der Waals surface area contributed by atoms with Crippen LogP contribution in [-0.2, 0) is 4.79 Å². The molecule has 6 heteroatoms. The number of hydrogen-bond donors (Lipinski definition) is 2. The van der Waals surface area contributed by atoms with Gasteiger partial charge in [-0.3, -0.25) is 9.59 Å². The molecular weight excluding hydrogens is 354 g/mol. The summed E-state index contributed by atoms with van der Waals surface area (Å²) in [6.45, 7) is 7.69. The molecule has 2 N–H and O–H groups in total. The molecule has 0 saturated carbocycles. The maximum Gasteiger partial charge on any atom is 0.252 e. The minimum atomic E-state index is -0.637. The van der Waals surface area contributed by atoms with Crippen molar-refractivity contribution in [3.05, 3.63) is 59.5 Å². The number of anilines is 1. The molecule has 28 heavy (non-hydrogen) atoms. The maximum absolute atomic E-state index is 12.9. The first-order valence-electron chi connectivity index (χ1n) is 9.38. The highest BCUT2D eigenvalue weighted by atomic mass is 16.3. The number of oxazole rings is 1. The van der Waals surface area contributed by atoms with Gasteiger partial charge < -0.3 is 15.1 Å². The molecule has 0 spiro atoms. The lowest BCUT2D eigenvalue weighted by Gasteiger charge is -2.20. The van der Waals surface area contributed by atoms with Gasteiger partial charge in [0.05, 0.1) is 0 Å². The Morgan fingerprint density at radius 3 is 2.57 bits per heavy atom. The number of nitrogens with zero attached hydrogens (tertiary/aromatic N) is 1. The average Bonchev–Trinajstić information content (AvgIpc) is 3.00. The van der Waals surface area contributed by atoms with Crippen LogP contribution in [0.25, 0.3) is 11.1 Å². The third-order valence-corrected chi connectivity index (χ3v) is 4.48. The van der Waals surface area contributed by atoms with Crippen LogP contribution in [0, 0.1) is 19.8 Å². The van der Waals surface area contributed by atoms with Crippen molar-refractivity contribution in [3.63, 3.8) is 0 Å². The van der Waals surface area contributed by atoms with E-state index in [1.54, 1.807) is 31.2 Å². The molecule has 3 rings (SSSR count). The fraction of sp³-hybridized carbons (Fsp3) is 0.318. The standard InChI is InChI=1S/C22H25N3O3/c1-13(2)11-19(25-21(26)17-8-6-5-7-14(17)3)22(27)24-16-9-10-20-18(12-16)23-15(4)28-20/h5-10,12-13,19H,11H2,1-4H3,(H,24,27)(H,25,26). The first-order valence-corrected chi connectivity index (χ1v) is 9.38. The summed E-state index contributed by atoms with van der Waals surface area (Å²) in [4.78, 5) is 29.8. The summed E-state index contributed by atoms with van der Waals surface area (Å²) in [5.41, 5.74) is 3.41. The quantitative estimate of drug-likeness (QED) is 0.671. The predicted molar refractivity (Wildman–Crippen MR) is 109 cm³/mol.